The monoisotopic (exact) mass is 322 g/mol. The molecule has 3 N–H and O–H groups in total. The lowest BCUT2D eigenvalue weighted by molar-refractivity contribution is 0.104. The number of thiophene rings is 1. The van der Waals surface area contributed by atoms with Crippen LogP contribution in [0.1, 0.15) is 18.0 Å². The molecule has 0 aliphatic heterocycles. The Hall–Kier alpha value is -2.31. The molecule has 0 unspecified atom stereocenters. The molecule has 2 heterocycles. The van der Waals surface area contributed by atoms with Gasteiger partial charge in [-0.1, -0.05) is 17.6 Å². The number of aromatic nitrogens is 1. The molecule has 106 valence electrons. The number of ketones is 1. The number of primary amides is 1. The Bertz CT molecular complexity index is 961. The van der Waals surface area contributed by atoms with E-state index in [9.17, 15) is 14.7 Å². The summed E-state index contributed by atoms with van der Waals surface area (Å²) >= 11 is 6.75. The third-order valence-electron chi connectivity index (χ3n) is 3.00. The van der Waals surface area contributed by atoms with Crippen LogP contribution in [0.15, 0.2) is 35.7 Å². The van der Waals surface area contributed by atoms with Crippen molar-refractivity contribution in [3.63, 3.8) is 0 Å². The molecular formula is C14H9ClN2O3S. The van der Waals surface area contributed by atoms with Crippen molar-refractivity contribution in [2.24, 2.45) is 5.73 Å². The van der Waals surface area contributed by atoms with Gasteiger partial charge in [0, 0.05) is 10.4 Å². The second-order valence-corrected chi connectivity index (χ2v) is 5.50. The zero-order chi connectivity index (χ0) is 16.9. The minimum Gasteiger partial charge on any atom is -0.494 e. The van der Waals surface area contributed by atoms with Crippen molar-refractivity contribution in [2.75, 3.05) is 0 Å². The van der Waals surface area contributed by atoms with Gasteiger partial charge in [0.25, 0.3) is 0 Å². The minimum atomic E-state index is -0.942. The van der Waals surface area contributed by atoms with Gasteiger partial charge < -0.3 is 10.8 Å². The third kappa shape index (κ3) is 2.09. The molecule has 0 aliphatic rings. The summed E-state index contributed by atoms with van der Waals surface area (Å²) in [5.41, 5.74) is 5.37. The second kappa shape index (κ2) is 4.91. The van der Waals surface area contributed by atoms with Crippen LogP contribution in [-0.2, 0) is 0 Å². The van der Waals surface area contributed by atoms with Gasteiger partial charge in [0.2, 0.25) is 11.7 Å². The van der Waals surface area contributed by atoms with Gasteiger partial charge in [-0.2, -0.15) is 0 Å². The molecule has 0 aliphatic carbocycles. The second-order valence-electron chi connectivity index (χ2n) is 4.22. The molecule has 0 saturated carbocycles. The average Bonchev–Trinajstić information content (AvgIpc) is 2.95. The van der Waals surface area contributed by atoms with E-state index in [2.05, 4.69) is 0 Å². The third-order valence-corrected chi connectivity index (χ3v) is 3.98. The van der Waals surface area contributed by atoms with Gasteiger partial charge in [-0.15, -0.1) is 11.3 Å². The number of hydrogen-bond acceptors (Lipinski definition) is 4. The Kier molecular flexibility index (Phi) is 2.65. The van der Waals surface area contributed by atoms with Crippen LogP contribution in [0.2, 0.25) is 5.02 Å². The van der Waals surface area contributed by atoms with Crippen molar-refractivity contribution >= 4 is 45.7 Å². The van der Waals surface area contributed by atoms with E-state index in [1.807, 2.05) is 0 Å². The minimum absolute atomic E-state index is 0.0653. The Morgan fingerprint density at radius 2 is 2.14 bits per heavy atom. The molecule has 7 heteroatoms. The lowest BCUT2D eigenvalue weighted by atomic mass is 10.1. The number of carbonyl (C=O) groups is 2. The molecule has 1 amide bonds. The van der Waals surface area contributed by atoms with E-state index in [4.69, 9.17) is 20.1 Å². The van der Waals surface area contributed by atoms with Gasteiger partial charge in [0.1, 0.15) is 0 Å². The SMILES string of the molecule is [2H]c1cc(C(=O)c2c(O)n(C(N)=O)c3ccc(Cl)cc23)sc1[2H]. The first-order valence-electron chi connectivity index (χ1n) is 6.75. The quantitative estimate of drug-likeness (QED) is 0.710. The Morgan fingerprint density at radius 1 is 1.38 bits per heavy atom. The number of amides is 1. The maximum Gasteiger partial charge on any atom is 0.326 e. The molecule has 0 fully saturated rings. The van der Waals surface area contributed by atoms with Crippen LogP contribution in [0.3, 0.4) is 0 Å². The predicted molar refractivity (Wildman–Crippen MR) is 81.3 cm³/mol. The Labute approximate surface area is 131 Å². The van der Waals surface area contributed by atoms with Crippen molar-refractivity contribution in [3.05, 3.63) is 51.1 Å². The van der Waals surface area contributed by atoms with Crippen LogP contribution < -0.4 is 5.73 Å². The van der Waals surface area contributed by atoms with E-state index in [0.717, 1.165) is 15.9 Å². The number of nitrogens with zero attached hydrogens (tertiary/aromatic N) is 1. The van der Waals surface area contributed by atoms with E-state index in [1.165, 1.54) is 24.3 Å². The number of benzene rings is 1. The van der Waals surface area contributed by atoms with Gasteiger partial charge in [-0.05, 0) is 29.6 Å². The summed E-state index contributed by atoms with van der Waals surface area (Å²) in [5.74, 6) is -1.20. The number of fused-ring (bicyclic) bond motifs is 1. The number of aromatic hydroxyl groups is 1. The van der Waals surface area contributed by atoms with Crippen molar-refractivity contribution in [1.29, 1.82) is 0 Å². The predicted octanol–water partition coefficient (Wildman–Crippen LogP) is 3.22. The lowest BCUT2D eigenvalue weighted by Crippen LogP contribution is -2.18. The lowest BCUT2D eigenvalue weighted by Gasteiger charge is -2.00. The summed E-state index contributed by atoms with van der Waals surface area (Å²) in [6, 6.07) is 4.63. The molecule has 0 radical (unpaired) electrons. The molecular weight excluding hydrogens is 312 g/mol. The van der Waals surface area contributed by atoms with Gasteiger partial charge in [-0.3, -0.25) is 4.79 Å². The molecule has 0 spiro atoms. The summed E-state index contributed by atoms with van der Waals surface area (Å²) in [4.78, 5) is 24.4. The summed E-state index contributed by atoms with van der Waals surface area (Å²) in [6.07, 6.45) is 0. The topological polar surface area (TPSA) is 85.3 Å². The standard InChI is InChI=1S/C14H9ClN2O3S/c15-7-3-4-9-8(6-7)11(13(19)17(9)14(16)20)12(18)10-2-1-5-21-10/h1-6,19H,(H2,16,20)/i1D,5D. The number of halogens is 1. The number of hydrogen-bond donors (Lipinski definition) is 2. The molecule has 1 aromatic carbocycles. The van der Waals surface area contributed by atoms with E-state index >= 15 is 0 Å². The molecule has 0 bridgehead atoms. The zero-order valence-corrected chi connectivity index (χ0v) is 12.0. The van der Waals surface area contributed by atoms with E-state index in [-0.39, 0.29) is 32.7 Å². The van der Waals surface area contributed by atoms with E-state index < -0.39 is 17.7 Å². The van der Waals surface area contributed by atoms with Crippen LogP contribution in [0.4, 0.5) is 4.79 Å². The highest BCUT2D eigenvalue weighted by atomic mass is 35.5. The maximum absolute atomic E-state index is 12.7. The zero-order valence-electron chi connectivity index (χ0n) is 12.4. The van der Waals surface area contributed by atoms with Gasteiger partial charge in [-0.25, -0.2) is 9.36 Å². The fourth-order valence-corrected chi connectivity index (χ4v) is 2.85. The highest BCUT2D eigenvalue weighted by Crippen LogP contribution is 2.35. The van der Waals surface area contributed by atoms with Crippen molar-refractivity contribution in [2.45, 2.75) is 0 Å². The summed E-state index contributed by atoms with van der Waals surface area (Å²) < 4.78 is 15.9. The first-order valence-corrected chi connectivity index (χ1v) is 6.95. The molecule has 0 atom stereocenters. The van der Waals surface area contributed by atoms with Crippen LogP contribution in [0.25, 0.3) is 10.9 Å². The maximum atomic E-state index is 12.7. The highest BCUT2D eigenvalue weighted by Gasteiger charge is 2.26. The normalized spacial score (nSPS) is 12.2. The van der Waals surface area contributed by atoms with Crippen molar-refractivity contribution < 1.29 is 17.4 Å². The Balaban J connectivity index is 2.32. The van der Waals surface area contributed by atoms with Crippen molar-refractivity contribution in [1.82, 2.24) is 4.57 Å². The Morgan fingerprint density at radius 3 is 2.76 bits per heavy atom. The van der Waals surface area contributed by atoms with Crippen LogP contribution >= 0.6 is 22.9 Å². The van der Waals surface area contributed by atoms with E-state index in [1.54, 1.807) is 0 Å². The summed E-state index contributed by atoms with van der Waals surface area (Å²) in [7, 11) is 0. The summed E-state index contributed by atoms with van der Waals surface area (Å²) in [5, 5.41) is 10.8. The van der Waals surface area contributed by atoms with Crippen LogP contribution in [0, 0.1) is 0 Å². The van der Waals surface area contributed by atoms with Gasteiger partial charge >= 0.3 is 6.03 Å². The van der Waals surface area contributed by atoms with Crippen molar-refractivity contribution in [3.8, 4) is 5.88 Å². The molecule has 2 aromatic heterocycles. The fourth-order valence-electron chi connectivity index (χ4n) is 2.14. The number of rotatable bonds is 2. The van der Waals surface area contributed by atoms with Gasteiger partial charge in [0.05, 0.1) is 18.7 Å². The van der Waals surface area contributed by atoms with Crippen LogP contribution in [-0.4, -0.2) is 21.5 Å². The summed E-state index contributed by atoms with van der Waals surface area (Å²) in [6.45, 7) is 0. The first kappa shape index (κ1) is 11.4. The fraction of sp³-hybridized carbons (Fsp3) is 0. The number of nitrogens with two attached hydrogens (primary N) is 1. The molecule has 5 nitrogen and oxygen atoms in total. The molecule has 3 aromatic rings. The largest absolute Gasteiger partial charge is 0.494 e. The number of carbonyl (C=O) groups excluding carboxylic acids is 2. The molecule has 21 heavy (non-hydrogen) atoms. The molecule has 3 rings (SSSR count). The smallest absolute Gasteiger partial charge is 0.326 e. The van der Waals surface area contributed by atoms with E-state index in [0.29, 0.717) is 5.02 Å². The average molecular weight is 323 g/mol. The van der Waals surface area contributed by atoms with Crippen LogP contribution in [0.5, 0.6) is 5.88 Å². The highest BCUT2D eigenvalue weighted by molar-refractivity contribution is 7.12. The first-order chi connectivity index (χ1) is 10.8. The van der Waals surface area contributed by atoms with Gasteiger partial charge in [0.15, 0.2) is 0 Å². The molecule has 0 saturated heterocycles.